The molecule has 1 fully saturated rings. The van der Waals surface area contributed by atoms with E-state index >= 15 is 0 Å². The summed E-state index contributed by atoms with van der Waals surface area (Å²) < 4.78 is 66.5. The number of piperazine rings is 1. The molecule has 1 aliphatic rings. The third-order valence-corrected chi connectivity index (χ3v) is 5.20. The topological polar surface area (TPSA) is 87.7 Å². The molecule has 1 aliphatic heterocycles. The number of sulfonamides is 1. The first-order valence-electron chi connectivity index (χ1n) is 7.93. The second kappa shape index (κ2) is 8.23. The van der Waals surface area contributed by atoms with Gasteiger partial charge in [0.15, 0.2) is 0 Å². The van der Waals surface area contributed by atoms with E-state index in [0.29, 0.717) is 19.6 Å². The van der Waals surface area contributed by atoms with Crippen LogP contribution in [0.4, 0.5) is 13.2 Å². The largest absolute Gasteiger partial charge is 0.573 e. The van der Waals surface area contributed by atoms with E-state index < -0.39 is 22.1 Å². The highest BCUT2D eigenvalue weighted by atomic mass is 32.2. The van der Waals surface area contributed by atoms with Crippen LogP contribution in [0, 0.1) is 0 Å². The normalized spacial score (nSPS) is 18.6. The van der Waals surface area contributed by atoms with Crippen LogP contribution in [-0.4, -0.2) is 57.8 Å². The van der Waals surface area contributed by atoms with Gasteiger partial charge in [-0.1, -0.05) is 0 Å². The minimum absolute atomic E-state index is 0.00121. The van der Waals surface area contributed by atoms with Crippen molar-refractivity contribution in [1.29, 1.82) is 0 Å². The summed E-state index contributed by atoms with van der Waals surface area (Å²) in [7, 11) is -3.93. The Hall–Kier alpha value is -1.85. The number of nitrogens with zero attached hydrogens (tertiary/aromatic N) is 1. The number of hydrogen-bond donors (Lipinski definition) is 2. The van der Waals surface area contributed by atoms with Crippen LogP contribution in [0.1, 0.15) is 13.3 Å². The highest BCUT2D eigenvalue weighted by molar-refractivity contribution is 7.89. The smallest absolute Gasteiger partial charge is 0.406 e. The fourth-order valence-corrected chi connectivity index (χ4v) is 3.54. The molecule has 0 aliphatic carbocycles. The van der Waals surface area contributed by atoms with Gasteiger partial charge in [-0.05, 0) is 31.2 Å². The zero-order valence-corrected chi connectivity index (χ0v) is 14.9. The summed E-state index contributed by atoms with van der Waals surface area (Å²) in [5.41, 5.74) is 0. The monoisotopic (exact) mass is 395 g/mol. The van der Waals surface area contributed by atoms with Gasteiger partial charge in [-0.15, -0.1) is 13.2 Å². The van der Waals surface area contributed by atoms with Crippen LogP contribution in [0.25, 0.3) is 0 Å². The lowest BCUT2D eigenvalue weighted by molar-refractivity contribution is -0.274. The molecule has 2 rings (SSSR count). The average molecular weight is 395 g/mol. The van der Waals surface area contributed by atoms with E-state index in [1.54, 1.807) is 4.90 Å². The van der Waals surface area contributed by atoms with E-state index in [0.717, 1.165) is 24.3 Å². The molecule has 7 nitrogen and oxygen atoms in total. The number of benzene rings is 1. The molecule has 1 saturated heterocycles. The van der Waals surface area contributed by atoms with Crippen molar-refractivity contribution in [3.8, 4) is 5.75 Å². The van der Waals surface area contributed by atoms with Crippen LogP contribution < -0.4 is 14.8 Å². The van der Waals surface area contributed by atoms with Crippen LogP contribution in [0.2, 0.25) is 0 Å². The van der Waals surface area contributed by atoms with Crippen LogP contribution in [0.5, 0.6) is 5.75 Å². The lowest BCUT2D eigenvalue weighted by atomic mass is 10.2. The number of rotatable bonds is 6. The molecule has 11 heteroatoms. The second-order valence-electron chi connectivity index (χ2n) is 5.86. The molecule has 2 N–H and O–H groups in total. The van der Waals surface area contributed by atoms with Gasteiger partial charge in [0.05, 0.1) is 4.90 Å². The van der Waals surface area contributed by atoms with E-state index in [1.807, 2.05) is 6.92 Å². The van der Waals surface area contributed by atoms with Gasteiger partial charge in [0.1, 0.15) is 5.75 Å². The van der Waals surface area contributed by atoms with E-state index in [-0.39, 0.29) is 29.8 Å². The van der Waals surface area contributed by atoms with Crippen molar-refractivity contribution in [3.05, 3.63) is 24.3 Å². The number of amides is 1. The first-order chi connectivity index (χ1) is 12.1. The quantitative estimate of drug-likeness (QED) is 0.753. The highest BCUT2D eigenvalue weighted by Gasteiger charge is 2.31. The maximum atomic E-state index is 12.1. The Balaban J connectivity index is 1.87. The maximum Gasteiger partial charge on any atom is 0.573 e. The van der Waals surface area contributed by atoms with Gasteiger partial charge in [-0.25, -0.2) is 13.1 Å². The lowest BCUT2D eigenvalue weighted by Crippen LogP contribution is -2.51. The van der Waals surface area contributed by atoms with Crippen LogP contribution in [0.15, 0.2) is 29.2 Å². The van der Waals surface area contributed by atoms with Crippen LogP contribution in [0.3, 0.4) is 0 Å². The molecule has 26 heavy (non-hydrogen) atoms. The van der Waals surface area contributed by atoms with Gasteiger partial charge < -0.3 is 15.0 Å². The lowest BCUT2D eigenvalue weighted by Gasteiger charge is -2.32. The van der Waals surface area contributed by atoms with E-state index in [1.165, 1.54) is 0 Å². The van der Waals surface area contributed by atoms with Crippen molar-refractivity contribution < 1.29 is 31.1 Å². The summed E-state index contributed by atoms with van der Waals surface area (Å²) in [6.07, 6.45) is -4.85. The average Bonchev–Trinajstić information content (AvgIpc) is 2.53. The number of alkyl halides is 3. The van der Waals surface area contributed by atoms with Gasteiger partial charge in [0, 0.05) is 38.6 Å². The molecule has 0 spiro atoms. The van der Waals surface area contributed by atoms with Gasteiger partial charge in [-0.2, -0.15) is 0 Å². The molecule has 0 aromatic heterocycles. The summed E-state index contributed by atoms with van der Waals surface area (Å²) in [5.74, 6) is -0.672. The Labute approximate surface area is 149 Å². The first kappa shape index (κ1) is 20.5. The van der Waals surface area contributed by atoms with E-state index in [4.69, 9.17) is 0 Å². The molecule has 1 amide bonds. The third kappa shape index (κ3) is 6.15. The second-order valence-corrected chi connectivity index (χ2v) is 7.63. The Morgan fingerprint density at radius 1 is 1.35 bits per heavy atom. The fourth-order valence-electron chi connectivity index (χ4n) is 2.51. The molecule has 0 bridgehead atoms. The predicted molar refractivity (Wildman–Crippen MR) is 87.0 cm³/mol. The number of nitrogens with one attached hydrogen (secondary N) is 2. The third-order valence-electron chi connectivity index (χ3n) is 3.72. The Kier molecular flexibility index (Phi) is 6.48. The standard InChI is InChI=1S/C15H20F3N3O4S/c1-11-10-21(9-8-19-11)14(22)6-7-20-26(23,24)13-4-2-12(3-5-13)25-15(16,17)18/h2-5,11,19-20H,6-10H2,1H3. The van der Waals surface area contributed by atoms with Crippen molar-refractivity contribution in [2.75, 3.05) is 26.2 Å². The molecule has 146 valence electrons. The van der Waals surface area contributed by atoms with Crippen molar-refractivity contribution in [2.45, 2.75) is 30.6 Å². The Bertz CT molecular complexity index is 723. The van der Waals surface area contributed by atoms with Crippen molar-refractivity contribution >= 4 is 15.9 Å². The Morgan fingerprint density at radius 3 is 2.58 bits per heavy atom. The minimum Gasteiger partial charge on any atom is -0.406 e. The first-order valence-corrected chi connectivity index (χ1v) is 9.42. The summed E-state index contributed by atoms with van der Waals surface area (Å²) in [5, 5.41) is 3.20. The summed E-state index contributed by atoms with van der Waals surface area (Å²) in [6, 6.07) is 4.01. The highest BCUT2D eigenvalue weighted by Crippen LogP contribution is 2.23. The van der Waals surface area contributed by atoms with E-state index in [2.05, 4.69) is 14.8 Å². The fraction of sp³-hybridized carbons (Fsp3) is 0.533. The molecular formula is C15H20F3N3O4S. The number of carbonyl (C=O) groups is 1. The van der Waals surface area contributed by atoms with Gasteiger partial charge in [0.2, 0.25) is 15.9 Å². The van der Waals surface area contributed by atoms with Crippen molar-refractivity contribution in [1.82, 2.24) is 14.9 Å². The van der Waals surface area contributed by atoms with Crippen LogP contribution >= 0.6 is 0 Å². The summed E-state index contributed by atoms with van der Waals surface area (Å²) in [6.45, 7) is 3.67. The number of halogens is 3. The Morgan fingerprint density at radius 2 is 2.00 bits per heavy atom. The van der Waals surface area contributed by atoms with Crippen molar-refractivity contribution in [2.24, 2.45) is 0 Å². The molecule has 1 unspecified atom stereocenters. The summed E-state index contributed by atoms with van der Waals surface area (Å²) >= 11 is 0. The van der Waals surface area contributed by atoms with E-state index in [9.17, 15) is 26.4 Å². The predicted octanol–water partition coefficient (Wildman–Crippen LogP) is 1.07. The number of carbonyl (C=O) groups excluding carboxylic acids is 1. The van der Waals surface area contributed by atoms with Gasteiger partial charge in [0.25, 0.3) is 0 Å². The zero-order chi connectivity index (χ0) is 19.4. The van der Waals surface area contributed by atoms with Gasteiger partial charge >= 0.3 is 6.36 Å². The molecule has 1 aromatic carbocycles. The molecular weight excluding hydrogens is 375 g/mol. The number of ether oxygens (including phenoxy) is 1. The van der Waals surface area contributed by atoms with Crippen molar-refractivity contribution in [3.63, 3.8) is 0 Å². The zero-order valence-electron chi connectivity index (χ0n) is 14.0. The molecule has 1 atom stereocenters. The molecule has 1 aromatic rings. The minimum atomic E-state index is -4.85. The maximum absolute atomic E-state index is 12.1. The van der Waals surface area contributed by atoms with Crippen LogP contribution in [-0.2, 0) is 14.8 Å². The molecule has 0 radical (unpaired) electrons. The summed E-state index contributed by atoms with van der Waals surface area (Å²) in [4.78, 5) is 13.5. The molecule has 1 heterocycles. The molecule has 0 saturated carbocycles. The van der Waals surface area contributed by atoms with Gasteiger partial charge in [-0.3, -0.25) is 4.79 Å². The number of hydrogen-bond acceptors (Lipinski definition) is 5. The SMILES string of the molecule is CC1CN(C(=O)CCNS(=O)(=O)c2ccc(OC(F)(F)F)cc2)CCN1.